The monoisotopic (exact) mass is 928 g/mol. The van der Waals surface area contributed by atoms with Crippen LogP contribution in [0.3, 0.4) is 0 Å². The summed E-state index contributed by atoms with van der Waals surface area (Å²) >= 11 is 0. The standard InChI is InChI=1S/C68H56N4/c1-49-16-15-26-64(46-49)71(66-32-29-52-18-10-12-21-55(52)48-66)62-39-35-59(36-40-62)69(58-33-37-61(38-34-58)70(56-22-5-3-6-23-56)65-31-28-51-17-9-11-20-54(51)47-65)60-41-43-63(44-42-60)72(57-24-7-4-8-25-57)68-45-30-53-19-13-14-27-67(53)50(68)2/h3-15,17-50,67H,16H2,1-2H3. The van der Waals surface area contributed by atoms with Crippen LogP contribution in [-0.2, 0) is 0 Å². The highest BCUT2D eigenvalue weighted by Crippen LogP contribution is 2.45. The minimum Gasteiger partial charge on any atom is -0.314 e. The van der Waals surface area contributed by atoms with Gasteiger partial charge in [0.1, 0.15) is 0 Å². The van der Waals surface area contributed by atoms with Crippen LogP contribution in [0.15, 0.2) is 290 Å². The molecule has 9 aromatic carbocycles. The van der Waals surface area contributed by atoms with Crippen molar-refractivity contribution in [3.05, 3.63) is 290 Å². The quantitative estimate of drug-likeness (QED) is 0.121. The zero-order valence-corrected chi connectivity index (χ0v) is 40.7. The van der Waals surface area contributed by atoms with Crippen molar-refractivity contribution in [3.63, 3.8) is 0 Å². The molecule has 0 amide bonds. The summed E-state index contributed by atoms with van der Waals surface area (Å²) in [6, 6.07) is 79.4. The van der Waals surface area contributed by atoms with E-state index in [1.807, 2.05) is 0 Å². The van der Waals surface area contributed by atoms with E-state index in [2.05, 4.69) is 307 Å². The number of allylic oxidation sites excluding steroid dienone is 11. The molecule has 0 aromatic heterocycles. The summed E-state index contributed by atoms with van der Waals surface area (Å²) in [5.74, 6) is 1.05. The summed E-state index contributed by atoms with van der Waals surface area (Å²) < 4.78 is 0. The van der Waals surface area contributed by atoms with E-state index in [-0.39, 0.29) is 5.92 Å². The number of rotatable bonds is 12. The van der Waals surface area contributed by atoms with Gasteiger partial charge < -0.3 is 19.6 Å². The molecule has 0 aliphatic heterocycles. The largest absolute Gasteiger partial charge is 0.314 e. The summed E-state index contributed by atoms with van der Waals surface area (Å²) in [5.41, 5.74) is 14.8. The molecule has 3 unspecified atom stereocenters. The van der Waals surface area contributed by atoms with Gasteiger partial charge in [-0.2, -0.15) is 0 Å². The number of hydrogen-bond acceptors (Lipinski definition) is 4. The van der Waals surface area contributed by atoms with Gasteiger partial charge in [-0.25, -0.2) is 0 Å². The molecule has 0 radical (unpaired) electrons. The molecule has 0 fully saturated rings. The van der Waals surface area contributed by atoms with E-state index in [0.717, 1.165) is 63.3 Å². The SMILES string of the molecule is CC1C=C(N(c2ccc(N(c3ccc(N(C4=CC=C5C=CC=CC5C4C)c4ccccc4)cc3)c3ccc(N(c4ccccc4)c4ccc5ccccc5c4)cc3)cc2)c2ccc3ccccc3c2)C=CC1. The second kappa shape index (κ2) is 19.5. The number of fused-ring (bicyclic) bond motifs is 3. The molecule has 348 valence electrons. The van der Waals surface area contributed by atoms with E-state index in [1.54, 1.807) is 0 Å². The maximum absolute atomic E-state index is 2.43. The van der Waals surface area contributed by atoms with Crippen LogP contribution in [0.25, 0.3) is 21.5 Å². The summed E-state index contributed by atoms with van der Waals surface area (Å²) in [6.07, 6.45) is 21.5. The first-order valence-corrected chi connectivity index (χ1v) is 25.3. The Labute approximate surface area is 424 Å². The molecule has 9 aromatic rings. The third-order valence-corrected chi connectivity index (χ3v) is 14.4. The lowest BCUT2D eigenvalue weighted by atomic mass is 9.78. The Morgan fingerprint density at radius 1 is 0.361 bits per heavy atom. The third kappa shape index (κ3) is 8.73. The van der Waals surface area contributed by atoms with Crippen LogP contribution in [0.1, 0.15) is 20.3 Å². The first kappa shape index (κ1) is 44.4. The second-order valence-corrected chi connectivity index (χ2v) is 19.1. The number of nitrogens with zero attached hydrogens (tertiary/aromatic N) is 4. The maximum atomic E-state index is 2.43. The number of anilines is 10. The lowest BCUT2D eigenvalue weighted by molar-refractivity contribution is 0.542. The van der Waals surface area contributed by atoms with Crippen LogP contribution in [0.5, 0.6) is 0 Å². The van der Waals surface area contributed by atoms with E-state index in [0.29, 0.717) is 11.8 Å². The van der Waals surface area contributed by atoms with Crippen LogP contribution in [0, 0.1) is 17.8 Å². The predicted octanol–water partition coefficient (Wildman–Crippen LogP) is 18.9. The van der Waals surface area contributed by atoms with Crippen molar-refractivity contribution in [2.45, 2.75) is 20.3 Å². The third-order valence-electron chi connectivity index (χ3n) is 14.4. The van der Waals surface area contributed by atoms with Crippen molar-refractivity contribution in [2.24, 2.45) is 17.8 Å². The van der Waals surface area contributed by atoms with Crippen molar-refractivity contribution >= 4 is 78.4 Å². The van der Waals surface area contributed by atoms with Crippen LogP contribution in [0.2, 0.25) is 0 Å². The van der Waals surface area contributed by atoms with E-state index in [9.17, 15) is 0 Å². The lowest BCUT2D eigenvalue weighted by Gasteiger charge is -2.37. The molecule has 0 spiro atoms. The number of hydrogen-bond donors (Lipinski definition) is 0. The molecule has 12 rings (SSSR count). The zero-order chi connectivity index (χ0) is 48.4. The van der Waals surface area contributed by atoms with E-state index < -0.39 is 0 Å². The van der Waals surface area contributed by atoms with Gasteiger partial charge in [0.25, 0.3) is 0 Å². The Morgan fingerprint density at radius 3 is 1.31 bits per heavy atom. The van der Waals surface area contributed by atoms with Gasteiger partial charge in [-0.05, 0) is 173 Å². The van der Waals surface area contributed by atoms with Crippen LogP contribution in [-0.4, -0.2) is 0 Å². The second-order valence-electron chi connectivity index (χ2n) is 19.1. The van der Waals surface area contributed by atoms with E-state index >= 15 is 0 Å². The maximum Gasteiger partial charge on any atom is 0.0468 e. The van der Waals surface area contributed by atoms with Crippen molar-refractivity contribution in [3.8, 4) is 0 Å². The Morgan fingerprint density at radius 2 is 0.778 bits per heavy atom. The normalized spacial score (nSPS) is 16.9. The summed E-state index contributed by atoms with van der Waals surface area (Å²) in [4.78, 5) is 9.56. The van der Waals surface area contributed by atoms with Gasteiger partial charge in [0.05, 0.1) is 0 Å². The molecule has 0 heterocycles. The van der Waals surface area contributed by atoms with Gasteiger partial charge in [-0.15, -0.1) is 0 Å². The smallest absolute Gasteiger partial charge is 0.0468 e. The molecule has 0 N–H and O–H groups in total. The molecule has 3 aliphatic rings. The summed E-state index contributed by atoms with van der Waals surface area (Å²) in [6.45, 7) is 4.65. The van der Waals surface area contributed by atoms with E-state index in [1.165, 1.54) is 38.5 Å². The molecule has 3 atom stereocenters. The van der Waals surface area contributed by atoms with Gasteiger partial charge >= 0.3 is 0 Å². The fourth-order valence-electron chi connectivity index (χ4n) is 10.8. The van der Waals surface area contributed by atoms with Crippen molar-refractivity contribution in [1.29, 1.82) is 0 Å². The molecular formula is C68H56N4. The van der Waals surface area contributed by atoms with Crippen LogP contribution >= 0.6 is 0 Å². The minimum atomic E-state index is 0.280. The highest BCUT2D eigenvalue weighted by molar-refractivity contribution is 5.91. The Balaban J connectivity index is 0.958. The zero-order valence-electron chi connectivity index (χ0n) is 40.7. The molecule has 4 heteroatoms. The highest BCUT2D eigenvalue weighted by atomic mass is 15.2. The average molecular weight is 929 g/mol. The van der Waals surface area contributed by atoms with Gasteiger partial charge in [-0.3, -0.25) is 0 Å². The fourth-order valence-corrected chi connectivity index (χ4v) is 10.8. The fraction of sp³-hybridized carbons (Fsp3) is 0.0882. The minimum absolute atomic E-state index is 0.280. The number of benzene rings is 9. The molecule has 3 aliphatic carbocycles. The van der Waals surface area contributed by atoms with Crippen molar-refractivity contribution in [2.75, 3.05) is 19.6 Å². The molecule has 0 saturated heterocycles. The van der Waals surface area contributed by atoms with Crippen LogP contribution < -0.4 is 19.6 Å². The van der Waals surface area contributed by atoms with E-state index in [4.69, 9.17) is 0 Å². The van der Waals surface area contributed by atoms with Crippen molar-refractivity contribution in [1.82, 2.24) is 0 Å². The highest BCUT2D eigenvalue weighted by Gasteiger charge is 2.30. The average Bonchev–Trinajstić information content (AvgIpc) is 3.44. The molecule has 0 saturated carbocycles. The molecule has 4 nitrogen and oxygen atoms in total. The van der Waals surface area contributed by atoms with Crippen LogP contribution in [0.4, 0.5) is 56.9 Å². The summed E-state index contributed by atoms with van der Waals surface area (Å²) in [7, 11) is 0. The molecule has 72 heavy (non-hydrogen) atoms. The lowest BCUT2D eigenvalue weighted by Crippen LogP contribution is -2.28. The molecule has 0 bridgehead atoms. The van der Waals surface area contributed by atoms with Gasteiger partial charge in [0.2, 0.25) is 0 Å². The van der Waals surface area contributed by atoms with Gasteiger partial charge in [0, 0.05) is 80.1 Å². The Bertz CT molecular complexity index is 3580. The Kier molecular flexibility index (Phi) is 12.0. The van der Waals surface area contributed by atoms with Gasteiger partial charge in [-0.1, -0.05) is 153 Å². The first-order valence-electron chi connectivity index (χ1n) is 25.3. The Hall–Kier alpha value is -8.86. The molecular weight excluding hydrogens is 873 g/mol. The number of para-hydroxylation sites is 2. The van der Waals surface area contributed by atoms with Crippen molar-refractivity contribution < 1.29 is 0 Å². The predicted molar refractivity (Wildman–Crippen MR) is 306 cm³/mol. The summed E-state index contributed by atoms with van der Waals surface area (Å²) in [5, 5.41) is 4.88. The first-order chi connectivity index (χ1) is 35.5. The topological polar surface area (TPSA) is 13.0 Å². The van der Waals surface area contributed by atoms with Gasteiger partial charge in [0.15, 0.2) is 0 Å².